The minimum Gasteiger partial charge on any atom is -0.355 e. The third-order valence-corrected chi connectivity index (χ3v) is 3.32. The van der Waals surface area contributed by atoms with Crippen LogP contribution < -0.4 is 5.32 Å². The molecule has 2 aromatic carbocycles. The van der Waals surface area contributed by atoms with Crippen molar-refractivity contribution < 1.29 is 13.2 Å². The summed E-state index contributed by atoms with van der Waals surface area (Å²) in [6.07, 6.45) is -4.37. The summed E-state index contributed by atoms with van der Waals surface area (Å²) in [6, 6.07) is 14.9. The second-order valence-corrected chi connectivity index (χ2v) is 5.03. The van der Waals surface area contributed by atoms with Gasteiger partial charge >= 0.3 is 6.18 Å². The number of halogens is 3. The summed E-state index contributed by atoms with van der Waals surface area (Å²) in [7, 11) is 0. The van der Waals surface area contributed by atoms with Crippen molar-refractivity contribution in [3.63, 3.8) is 0 Å². The van der Waals surface area contributed by atoms with E-state index in [-0.39, 0.29) is 0 Å². The number of aromatic nitrogens is 1. The van der Waals surface area contributed by atoms with Crippen LogP contribution in [0.4, 0.5) is 24.5 Å². The Kier molecular flexibility index (Phi) is 3.48. The number of pyridine rings is 1. The lowest BCUT2D eigenvalue weighted by atomic mass is 10.1. The molecule has 0 unspecified atom stereocenters. The quantitative estimate of drug-likeness (QED) is 0.694. The van der Waals surface area contributed by atoms with E-state index >= 15 is 0 Å². The van der Waals surface area contributed by atoms with E-state index in [0.717, 1.165) is 23.5 Å². The van der Waals surface area contributed by atoms with Crippen LogP contribution in [-0.4, -0.2) is 4.98 Å². The van der Waals surface area contributed by atoms with Gasteiger partial charge < -0.3 is 5.32 Å². The molecule has 0 aliphatic rings. The van der Waals surface area contributed by atoms with Crippen LogP contribution >= 0.6 is 0 Å². The summed E-state index contributed by atoms with van der Waals surface area (Å²) < 4.78 is 38.5. The number of rotatable bonds is 2. The van der Waals surface area contributed by atoms with Crippen molar-refractivity contribution in [2.45, 2.75) is 13.1 Å². The Bertz CT molecular complexity index is 811. The molecule has 0 bridgehead atoms. The molecule has 3 aromatic rings. The van der Waals surface area contributed by atoms with Crippen molar-refractivity contribution in [3.05, 3.63) is 65.9 Å². The second-order valence-electron chi connectivity index (χ2n) is 5.03. The Balaban J connectivity index is 2.11. The smallest absolute Gasteiger partial charge is 0.355 e. The number of nitrogens with zero attached hydrogens (tertiary/aromatic N) is 1. The van der Waals surface area contributed by atoms with Gasteiger partial charge in [-0.2, -0.15) is 13.2 Å². The fraction of sp³-hybridized carbons (Fsp3) is 0.118. The number of para-hydroxylation sites is 1. The molecule has 1 heterocycles. The molecule has 0 spiro atoms. The topological polar surface area (TPSA) is 24.9 Å². The van der Waals surface area contributed by atoms with Gasteiger partial charge in [0.1, 0.15) is 0 Å². The molecule has 22 heavy (non-hydrogen) atoms. The van der Waals surface area contributed by atoms with E-state index in [2.05, 4.69) is 10.3 Å². The summed E-state index contributed by atoms with van der Waals surface area (Å²) in [5, 5.41) is 3.88. The Morgan fingerprint density at radius 3 is 2.36 bits per heavy atom. The highest BCUT2D eigenvalue weighted by Gasteiger charge is 2.30. The number of alkyl halides is 3. The fourth-order valence-corrected chi connectivity index (χ4v) is 2.32. The van der Waals surface area contributed by atoms with Gasteiger partial charge in [0.15, 0.2) is 0 Å². The number of anilines is 2. The molecule has 0 fully saturated rings. The molecule has 0 saturated carbocycles. The van der Waals surface area contributed by atoms with Crippen molar-refractivity contribution in [2.24, 2.45) is 0 Å². The maximum Gasteiger partial charge on any atom is 0.416 e. The Hall–Kier alpha value is -2.56. The molecule has 0 aliphatic heterocycles. The number of hydrogen-bond acceptors (Lipinski definition) is 2. The first kappa shape index (κ1) is 14.4. The Labute approximate surface area is 125 Å². The molecule has 0 saturated heterocycles. The largest absolute Gasteiger partial charge is 0.416 e. The second kappa shape index (κ2) is 5.33. The van der Waals surface area contributed by atoms with Crippen molar-refractivity contribution >= 4 is 22.3 Å². The monoisotopic (exact) mass is 302 g/mol. The van der Waals surface area contributed by atoms with Gasteiger partial charge in [-0.25, -0.2) is 0 Å². The van der Waals surface area contributed by atoms with E-state index in [1.165, 1.54) is 6.07 Å². The highest BCUT2D eigenvalue weighted by molar-refractivity contribution is 5.93. The first-order valence-corrected chi connectivity index (χ1v) is 6.74. The van der Waals surface area contributed by atoms with Crippen molar-refractivity contribution in [3.8, 4) is 0 Å². The lowest BCUT2D eigenvalue weighted by molar-refractivity contribution is -0.137. The van der Waals surface area contributed by atoms with Gasteiger partial charge in [0.2, 0.25) is 0 Å². The van der Waals surface area contributed by atoms with Crippen LogP contribution in [-0.2, 0) is 6.18 Å². The van der Waals surface area contributed by atoms with Crippen LogP contribution in [0.15, 0.2) is 54.6 Å². The van der Waals surface area contributed by atoms with Crippen LogP contribution in [0.1, 0.15) is 11.3 Å². The van der Waals surface area contributed by atoms with Gasteiger partial charge in [-0.05, 0) is 37.3 Å². The van der Waals surface area contributed by atoms with E-state index in [0.29, 0.717) is 16.6 Å². The minimum atomic E-state index is -4.37. The van der Waals surface area contributed by atoms with Crippen LogP contribution in [0.2, 0.25) is 0 Å². The highest BCUT2D eigenvalue weighted by atomic mass is 19.4. The zero-order valence-corrected chi connectivity index (χ0v) is 11.8. The van der Waals surface area contributed by atoms with E-state index in [1.807, 2.05) is 36.4 Å². The SMILES string of the molecule is Cc1cc(Nc2ccccc2)c2ccc(C(F)(F)F)cc2n1. The highest BCUT2D eigenvalue weighted by Crippen LogP contribution is 2.33. The van der Waals surface area contributed by atoms with Gasteiger partial charge in [0.05, 0.1) is 11.1 Å². The zero-order chi connectivity index (χ0) is 15.7. The molecule has 0 amide bonds. The molecule has 5 heteroatoms. The number of aryl methyl sites for hydroxylation is 1. The Morgan fingerprint density at radius 2 is 1.68 bits per heavy atom. The van der Waals surface area contributed by atoms with Crippen molar-refractivity contribution in [1.82, 2.24) is 4.98 Å². The lowest BCUT2D eigenvalue weighted by Gasteiger charge is -2.13. The molecular weight excluding hydrogens is 289 g/mol. The maximum atomic E-state index is 12.8. The molecule has 112 valence electrons. The molecular formula is C17H13F3N2. The number of benzene rings is 2. The van der Waals surface area contributed by atoms with Crippen LogP contribution in [0.25, 0.3) is 10.9 Å². The summed E-state index contributed by atoms with van der Waals surface area (Å²) in [6.45, 7) is 1.76. The van der Waals surface area contributed by atoms with Gasteiger partial charge in [0.25, 0.3) is 0 Å². The first-order chi connectivity index (χ1) is 10.4. The van der Waals surface area contributed by atoms with E-state index < -0.39 is 11.7 Å². The molecule has 0 aliphatic carbocycles. The first-order valence-electron chi connectivity index (χ1n) is 6.74. The maximum absolute atomic E-state index is 12.8. The van der Waals surface area contributed by atoms with Gasteiger partial charge in [-0.1, -0.05) is 24.3 Å². The minimum absolute atomic E-state index is 0.327. The van der Waals surface area contributed by atoms with Crippen molar-refractivity contribution in [1.29, 1.82) is 0 Å². The zero-order valence-electron chi connectivity index (χ0n) is 11.8. The van der Waals surface area contributed by atoms with Gasteiger partial charge in [-0.3, -0.25) is 4.98 Å². The summed E-state index contributed by atoms with van der Waals surface area (Å²) in [5.74, 6) is 0. The molecule has 3 rings (SSSR count). The van der Waals surface area contributed by atoms with E-state index in [4.69, 9.17) is 0 Å². The third-order valence-electron chi connectivity index (χ3n) is 3.32. The molecule has 2 nitrogen and oxygen atoms in total. The standard InChI is InChI=1S/C17H13F3N2/c1-11-9-15(22-13-5-3-2-4-6-13)14-8-7-12(17(18,19)20)10-16(14)21-11/h2-10H,1H3,(H,21,22). The van der Waals surface area contributed by atoms with Gasteiger partial charge in [0, 0.05) is 22.5 Å². The lowest BCUT2D eigenvalue weighted by Crippen LogP contribution is -2.05. The predicted octanol–water partition coefficient (Wildman–Crippen LogP) is 5.31. The summed E-state index contributed by atoms with van der Waals surface area (Å²) in [4.78, 5) is 4.21. The average molecular weight is 302 g/mol. The average Bonchev–Trinajstić information content (AvgIpc) is 2.46. The molecule has 0 atom stereocenters. The normalized spacial score (nSPS) is 11.6. The van der Waals surface area contributed by atoms with Crippen LogP contribution in [0, 0.1) is 6.92 Å². The van der Waals surface area contributed by atoms with Gasteiger partial charge in [-0.15, -0.1) is 0 Å². The number of hydrogen-bond donors (Lipinski definition) is 1. The van der Waals surface area contributed by atoms with Crippen LogP contribution in [0.3, 0.4) is 0 Å². The molecule has 0 radical (unpaired) electrons. The van der Waals surface area contributed by atoms with E-state index in [9.17, 15) is 13.2 Å². The number of fused-ring (bicyclic) bond motifs is 1. The fourth-order valence-electron chi connectivity index (χ4n) is 2.32. The van der Waals surface area contributed by atoms with Crippen molar-refractivity contribution in [2.75, 3.05) is 5.32 Å². The summed E-state index contributed by atoms with van der Waals surface area (Å²) in [5.41, 5.74) is 1.90. The van der Waals surface area contributed by atoms with E-state index in [1.54, 1.807) is 6.92 Å². The summed E-state index contributed by atoms with van der Waals surface area (Å²) >= 11 is 0. The predicted molar refractivity (Wildman–Crippen MR) is 81.2 cm³/mol. The molecule has 1 N–H and O–H groups in total. The third kappa shape index (κ3) is 2.88. The number of nitrogens with one attached hydrogen (secondary N) is 1. The van der Waals surface area contributed by atoms with Crippen LogP contribution in [0.5, 0.6) is 0 Å². The molecule has 1 aromatic heterocycles. The Morgan fingerprint density at radius 1 is 0.955 bits per heavy atom.